The quantitative estimate of drug-likeness (QED) is 0.388. The number of esters is 2. The van der Waals surface area contributed by atoms with Crippen LogP contribution in [0, 0.1) is 17.2 Å². The molecule has 0 bridgehead atoms. The number of hydrogen-bond donors (Lipinski definition) is 0. The Morgan fingerprint density at radius 1 is 1.04 bits per heavy atom. The summed E-state index contributed by atoms with van der Waals surface area (Å²) < 4.78 is 25.6. The molecule has 0 radical (unpaired) electrons. The van der Waals surface area contributed by atoms with Gasteiger partial charge >= 0.3 is 170 Å². The number of benzene rings is 2. The predicted octanol–water partition coefficient (Wildman–Crippen LogP) is 3.01. The van der Waals surface area contributed by atoms with Gasteiger partial charge in [-0.25, -0.2) is 0 Å². The van der Waals surface area contributed by atoms with E-state index in [0.29, 0.717) is 11.1 Å². The van der Waals surface area contributed by atoms with Crippen molar-refractivity contribution in [2.75, 3.05) is 14.2 Å². The van der Waals surface area contributed by atoms with Crippen LogP contribution < -0.4 is 4.46 Å². The standard InChI is InChI=1S/C22H21FO4Se/c1-26-20(24)22(21(25)27-2)12-15(14-28-16-8-4-3-5-9-16)18(13-22)17-10-6-7-11-19(17)23/h3-11,13,15H,12,14H2,1-2H3. The normalized spacial score (nSPS) is 17.7. The van der Waals surface area contributed by atoms with E-state index in [2.05, 4.69) is 12.1 Å². The molecule has 0 saturated heterocycles. The van der Waals surface area contributed by atoms with Gasteiger partial charge in [0.15, 0.2) is 0 Å². The zero-order valence-corrected chi connectivity index (χ0v) is 17.4. The average Bonchev–Trinajstić information content (AvgIpc) is 3.13. The first-order chi connectivity index (χ1) is 13.5. The molecule has 1 unspecified atom stereocenters. The van der Waals surface area contributed by atoms with E-state index in [4.69, 9.17) is 9.47 Å². The molecule has 28 heavy (non-hydrogen) atoms. The minimum atomic E-state index is -1.54. The van der Waals surface area contributed by atoms with Crippen LogP contribution in [0.2, 0.25) is 5.32 Å². The van der Waals surface area contributed by atoms with E-state index in [9.17, 15) is 14.0 Å². The van der Waals surface area contributed by atoms with Crippen LogP contribution in [0.4, 0.5) is 4.39 Å². The van der Waals surface area contributed by atoms with Crippen molar-refractivity contribution in [3.63, 3.8) is 0 Å². The predicted molar refractivity (Wildman–Crippen MR) is 106 cm³/mol. The van der Waals surface area contributed by atoms with Gasteiger partial charge in [-0.05, 0) is 0 Å². The van der Waals surface area contributed by atoms with E-state index in [1.165, 1.54) is 24.7 Å². The Morgan fingerprint density at radius 2 is 1.64 bits per heavy atom. The number of ether oxygens (including phenoxy) is 2. The number of methoxy groups -OCH3 is 2. The number of rotatable bonds is 6. The van der Waals surface area contributed by atoms with Crippen LogP contribution >= 0.6 is 0 Å². The van der Waals surface area contributed by atoms with Crippen LogP contribution in [0.1, 0.15) is 12.0 Å². The van der Waals surface area contributed by atoms with Gasteiger partial charge in [-0.1, -0.05) is 0 Å². The van der Waals surface area contributed by atoms with E-state index in [1.807, 2.05) is 18.2 Å². The van der Waals surface area contributed by atoms with Crippen LogP contribution in [-0.2, 0) is 19.1 Å². The van der Waals surface area contributed by atoms with Gasteiger partial charge in [0.05, 0.1) is 0 Å². The van der Waals surface area contributed by atoms with E-state index >= 15 is 0 Å². The Kier molecular flexibility index (Phi) is 6.32. The summed E-state index contributed by atoms with van der Waals surface area (Å²) in [6.07, 6.45) is 1.76. The van der Waals surface area contributed by atoms with Crippen molar-refractivity contribution in [2.45, 2.75) is 11.7 Å². The van der Waals surface area contributed by atoms with Gasteiger partial charge in [0.1, 0.15) is 0 Å². The zero-order chi connectivity index (χ0) is 20.1. The van der Waals surface area contributed by atoms with Gasteiger partial charge in [-0.15, -0.1) is 0 Å². The maximum absolute atomic E-state index is 14.5. The van der Waals surface area contributed by atoms with Crippen molar-refractivity contribution in [2.24, 2.45) is 11.3 Å². The van der Waals surface area contributed by atoms with Crippen LogP contribution in [-0.4, -0.2) is 41.1 Å². The molecule has 4 nitrogen and oxygen atoms in total. The van der Waals surface area contributed by atoms with Crippen LogP contribution in [0.25, 0.3) is 5.57 Å². The van der Waals surface area contributed by atoms with Gasteiger partial charge in [0, 0.05) is 0 Å². The van der Waals surface area contributed by atoms with Crippen molar-refractivity contribution in [3.05, 3.63) is 72.1 Å². The molecule has 1 aliphatic carbocycles. The van der Waals surface area contributed by atoms with Crippen LogP contribution in [0.3, 0.4) is 0 Å². The molecule has 146 valence electrons. The maximum atomic E-state index is 14.5. The molecule has 3 rings (SSSR count). The fraction of sp³-hybridized carbons (Fsp3) is 0.273. The third-order valence-corrected chi connectivity index (χ3v) is 7.35. The summed E-state index contributed by atoms with van der Waals surface area (Å²) in [4.78, 5) is 25.1. The first kappa shape index (κ1) is 20.3. The summed E-state index contributed by atoms with van der Waals surface area (Å²) in [7, 11) is 2.48. The summed E-state index contributed by atoms with van der Waals surface area (Å²) in [5.41, 5.74) is -0.476. The van der Waals surface area contributed by atoms with Gasteiger partial charge in [-0.3, -0.25) is 0 Å². The number of carbonyl (C=O) groups excluding carboxylic acids is 2. The van der Waals surface area contributed by atoms with Gasteiger partial charge in [-0.2, -0.15) is 0 Å². The van der Waals surface area contributed by atoms with E-state index in [-0.39, 0.29) is 33.1 Å². The second kappa shape index (κ2) is 8.72. The van der Waals surface area contributed by atoms with Crippen molar-refractivity contribution < 1.29 is 23.5 Å². The SMILES string of the molecule is COC(=O)C1(C(=O)OC)C=C(c2ccccc2F)C(C[Se]c2ccccc2)C1. The summed E-state index contributed by atoms with van der Waals surface area (Å²) in [5.74, 6) is -1.89. The summed E-state index contributed by atoms with van der Waals surface area (Å²) in [6.45, 7) is 0. The summed E-state index contributed by atoms with van der Waals surface area (Å²) in [6, 6.07) is 16.4. The van der Waals surface area contributed by atoms with Crippen molar-refractivity contribution in [1.82, 2.24) is 0 Å². The van der Waals surface area contributed by atoms with Gasteiger partial charge in [0.25, 0.3) is 0 Å². The molecule has 2 aromatic rings. The molecule has 6 heteroatoms. The van der Waals surface area contributed by atoms with Crippen molar-refractivity contribution >= 4 is 36.9 Å². The molecule has 0 fully saturated rings. The second-order valence-corrected chi connectivity index (χ2v) is 8.85. The molecule has 0 saturated carbocycles. The first-order valence-corrected chi connectivity index (χ1v) is 10.9. The Hall–Kier alpha value is -2.43. The molecule has 0 aromatic heterocycles. The second-order valence-electron chi connectivity index (χ2n) is 6.56. The van der Waals surface area contributed by atoms with Crippen LogP contribution in [0.15, 0.2) is 60.7 Å². The number of hydrogen-bond acceptors (Lipinski definition) is 4. The minimum absolute atomic E-state index is 0.110. The summed E-state index contributed by atoms with van der Waals surface area (Å²) >= 11 is 0.110. The number of carbonyl (C=O) groups is 2. The molecular weight excluding hydrogens is 426 g/mol. The molecule has 0 aliphatic heterocycles. The van der Waals surface area contributed by atoms with Crippen LogP contribution in [0.5, 0.6) is 0 Å². The van der Waals surface area contributed by atoms with Crippen molar-refractivity contribution in [3.8, 4) is 0 Å². The summed E-state index contributed by atoms with van der Waals surface area (Å²) in [5, 5.41) is 0.729. The number of allylic oxidation sites excluding steroid dienone is 1. The topological polar surface area (TPSA) is 52.6 Å². The van der Waals surface area contributed by atoms with Gasteiger partial charge in [0.2, 0.25) is 0 Å². The third-order valence-electron chi connectivity index (χ3n) is 4.89. The molecule has 0 heterocycles. The Balaban J connectivity index is 2.00. The molecule has 1 atom stereocenters. The third kappa shape index (κ3) is 3.89. The zero-order valence-electron chi connectivity index (χ0n) is 15.7. The van der Waals surface area contributed by atoms with E-state index < -0.39 is 17.4 Å². The fourth-order valence-electron chi connectivity index (χ4n) is 3.53. The Bertz CT molecular complexity index is 878. The van der Waals surface area contributed by atoms with E-state index in [0.717, 1.165) is 5.32 Å². The molecule has 0 amide bonds. The molecular formula is C22H21FO4Se. The van der Waals surface area contributed by atoms with Gasteiger partial charge < -0.3 is 0 Å². The Labute approximate surface area is 169 Å². The molecule has 0 spiro atoms. The molecule has 2 aromatic carbocycles. The molecule has 0 N–H and O–H groups in total. The first-order valence-electron chi connectivity index (χ1n) is 8.84. The monoisotopic (exact) mass is 448 g/mol. The average molecular weight is 447 g/mol. The van der Waals surface area contributed by atoms with Crippen molar-refractivity contribution in [1.29, 1.82) is 0 Å². The fourth-order valence-corrected chi connectivity index (χ4v) is 5.71. The van der Waals surface area contributed by atoms with E-state index in [1.54, 1.807) is 24.3 Å². The molecule has 1 aliphatic rings. The Morgan fingerprint density at radius 3 is 2.25 bits per heavy atom. The number of halogens is 1.